The minimum atomic E-state index is -0.0925. The largest absolute Gasteiger partial charge is 0.496 e. The Morgan fingerprint density at radius 1 is 1.14 bits per heavy atom. The first-order chi connectivity index (χ1) is 13.6. The van der Waals surface area contributed by atoms with Gasteiger partial charge in [-0.2, -0.15) is 5.10 Å². The molecule has 0 aliphatic carbocycles. The highest BCUT2D eigenvalue weighted by atomic mass is 35.5. The van der Waals surface area contributed by atoms with Gasteiger partial charge >= 0.3 is 0 Å². The van der Waals surface area contributed by atoms with Gasteiger partial charge in [-0.05, 0) is 42.3 Å². The fourth-order valence-corrected chi connectivity index (χ4v) is 3.79. The van der Waals surface area contributed by atoms with Crippen molar-refractivity contribution in [3.8, 4) is 17.0 Å². The molecule has 1 saturated heterocycles. The lowest BCUT2D eigenvalue weighted by Crippen LogP contribution is -2.51. The number of anilines is 1. The molecule has 1 aliphatic heterocycles. The molecule has 3 aromatic rings. The second kappa shape index (κ2) is 7.68. The molecule has 1 aliphatic rings. The van der Waals surface area contributed by atoms with Gasteiger partial charge in [0.2, 0.25) is 0 Å². The number of rotatable bonds is 5. The third-order valence-electron chi connectivity index (χ3n) is 5.19. The molecule has 0 unspecified atom stereocenters. The summed E-state index contributed by atoms with van der Waals surface area (Å²) in [6, 6.07) is 17.2. The standard InChI is InChI=1S/C22H22ClN3O2/c1-3-15-6-4-5-7-20(15)25-13-17(14-25)26-22(27)11-10-19(24-26)18-9-8-16(23)12-21(18)28-2/h4-12,17H,3,13-14H2,1-2H3. The van der Waals surface area contributed by atoms with E-state index < -0.39 is 0 Å². The van der Waals surface area contributed by atoms with Crippen LogP contribution in [-0.2, 0) is 6.42 Å². The highest BCUT2D eigenvalue weighted by Gasteiger charge is 2.31. The van der Waals surface area contributed by atoms with Crippen molar-refractivity contribution in [1.29, 1.82) is 0 Å². The number of nitrogens with zero attached hydrogens (tertiary/aromatic N) is 3. The van der Waals surface area contributed by atoms with Crippen molar-refractivity contribution in [2.45, 2.75) is 19.4 Å². The highest BCUT2D eigenvalue weighted by molar-refractivity contribution is 6.30. The molecule has 0 atom stereocenters. The summed E-state index contributed by atoms with van der Waals surface area (Å²) in [6.45, 7) is 3.70. The number of aryl methyl sites for hydroxylation is 1. The van der Waals surface area contributed by atoms with Gasteiger partial charge in [0.05, 0.1) is 18.8 Å². The first-order valence-electron chi connectivity index (χ1n) is 9.37. The fraction of sp³-hybridized carbons (Fsp3) is 0.273. The number of methoxy groups -OCH3 is 1. The minimum Gasteiger partial charge on any atom is -0.496 e. The Labute approximate surface area is 169 Å². The molecule has 0 saturated carbocycles. The maximum absolute atomic E-state index is 12.4. The van der Waals surface area contributed by atoms with Crippen molar-refractivity contribution < 1.29 is 4.74 Å². The molecule has 0 spiro atoms. The second-order valence-corrected chi connectivity index (χ2v) is 7.32. The number of benzene rings is 2. The van der Waals surface area contributed by atoms with Crippen molar-refractivity contribution in [1.82, 2.24) is 9.78 Å². The SMILES string of the molecule is CCc1ccccc1N1CC(n2nc(-c3ccc(Cl)cc3OC)ccc2=O)C1. The third-order valence-corrected chi connectivity index (χ3v) is 5.42. The summed E-state index contributed by atoms with van der Waals surface area (Å²) < 4.78 is 7.02. The molecule has 0 amide bonds. The Bertz CT molecular complexity index is 1060. The summed E-state index contributed by atoms with van der Waals surface area (Å²) in [7, 11) is 1.60. The topological polar surface area (TPSA) is 47.4 Å². The van der Waals surface area contributed by atoms with Gasteiger partial charge in [-0.15, -0.1) is 0 Å². The quantitative estimate of drug-likeness (QED) is 0.649. The zero-order valence-corrected chi connectivity index (χ0v) is 16.7. The summed E-state index contributed by atoms with van der Waals surface area (Å²) in [5.41, 5.74) is 3.98. The Balaban J connectivity index is 1.61. The summed E-state index contributed by atoms with van der Waals surface area (Å²) in [5, 5.41) is 5.22. The molecule has 6 heteroatoms. The van der Waals surface area contributed by atoms with E-state index in [1.54, 1.807) is 36.1 Å². The number of hydrogen-bond donors (Lipinski definition) is 0. The van der Waals surface area contributed by atoms with Gasteiger partial charge in [0, 0.05) is 35.4 Å². The van der Waals surface area contributed by atoms with Gasteiger partial charge in [0.25, 0.3) is 5.56 Å². The number of ether oxygens (including phenoxy) is 1. The molecule has 1 fully saturated rings. The van der Waals surface area contributed by atoms with E-state index in [0.29, 0.717) is 16.5 Å². The zero-order chi connectivity index (χ0) is 19.7. The Morgan fingerprint density at radius 3 is 2.68 bits per heavy atom. The van der Waals surface area contributed by atoms with E-state index in [2.05, 4.69) is 41.2 Å². The van der Waals surface area contributed by atoms with E-state index in [1.807, 2.05) is 6.07 Å². The van der Waals surface area contributed by atoms with Crippen molar-refractivity contribution in [2.75, 3.05) is 25.1 Å². The summed E-state index contributed by atoms with van der Waals surface area (Å²) in [6.07, 6.45) is 0.987. The van der Waals surface area contributed by atoms with Crippen molar-refractivity contribution >= 4 is 17.3 Å². The van der Waals surface area contributed by atoms with Crippen molar-refractivity contribution in [2.24, 2.45) is 0 Å². The average molecular weight is 396 g/mol. The molecule has 144 valence electrons. The van der Waals surface area contributed by atoms with Crippen LogP contribution in [0.4, 0.5) is 5.69 Å². The normalized spacial score (nSPS) is 14.0. The second-order valence-electron chi connectivity index (χ2n) is 6.89. The summed E-state index contributed by atoms with van der Waals surface area (Å²) in [5.74, 6) is 0.636. The molecule has 2 heterocycles. The summed E-state index contributed by atoms with van der Waals surface area (Å²) >= 11 is 6.06. The minimum absolute atomic E-state index is 0.0515. The molecule has 0 bridgehead atoms. The van der Waals surface area contributed by atoms with Crippen LogP contribution >= 0.6 is 11.6 Å². The molecular formula is C22H22ClN3O2. The average Bonchev–Trinajstić information content (AvgIpc) is 2.68. The van der Waals surface area contributed by atoms with Gasteiger partial charge in [-0.25, -0.2) is 4.68 Å². The highest BCUT2D eigenvalue weighted by Crippen LogP contribution is 2.32. The van der Waals surface area contributed by atoms with Crippen LogP contribution in [0.15, 0.2) is 59.4 Å². The fourth-order valence-electron chi connectivity index (χ4n) is 3.63. The molecule has 5 nitrogen and oxygen atoms in total. The number of hydrogen-bond acceptors (Lipinski definition) is 4. The summed E-state index contributed by atoms with van der Waals surface area (Å²) in [4.78, 5) is 14.7. The van der Waals surface area contributed by atoms with E-state index in [4.69, 9.17) is 16.3 Å². The molecule has 0 radical (unpaired) electrons. The van der Waals surface area contributed by atoms with Crippen LogP contribution in [0.5, 0.6) is 5.75 Å². The lowest BCUT2D eigenvalue weighted by molar-refractivity contribution is 0.354. The van der Waals surface area contributed by atoms with Crippen LogP contribution in [0.1, 0.15) is 18.5 Å². The Hall–Kier alpha value is -2.79. The molecule has 2 aromatic carbocycles. The molecular weight excluding hydrogens is 374 g/mol. The van der Waals surface area contributed by atoms with Crippen LogP contribution in [0.25, 0.3) is 11.3 Å². The number of halogens is 1. The number of aromatic nitrogens is 2. The van der Waals surface area contributed by atoms with Crippen LogP contribution < -0.4 is 15.2 Å². The van der Waals surface area contributed by atoms with Crippen LogP contribution in [0, 0.1) is 0 Å². The van der Waals surface area contributed by atoms with Gasteiger partial charge in [-0.1, -0.05) is 36.7 Å². The third kappa shape index (κ3) is 3.38. The van der Waals surface area contributed by atoms with E-state index in [-0.39, 0.29) is 11.6 Å². The van der Waals surface area contributed by atoms with Gasteiger partial charge in [-0.3, -0.25) is 4.79 Å². The van der Waals surface area contributed by atoms with Crippen molar-refractivity contribution in [3.05, 3.63) is 75.5 Å². The molecule has 28 heavy (non-hydrogen) atoms. The lowest BCUT2D eigenvalue weighted by atomic mass is 10.0. The van der Waals surface area contributed by atoms with E-state index >= 15 is 0 Å². The van der Waals surface area contributed by atoms with Gasteiger partial charge < -0.3 is 9.64 Å². The molecule has 0 N–H and O–H groups in total. The predicted octanol–water partition coefficient (Wildman–Crippen LogP) is 4.20. The number of para-hydroxylation sites is 1. The van der Waals surface area contributed by atoms with Crippen LogP contribution in [-0.4, -0.2) is 30.0 Å². The first kappa shape index (κ1) is 18.6. The van der Waals surface area contributed by atoms with Crippen LogP contribution in [0.3, 0.4) is 0 Å². The first-order valence-corrected chi connectivity index (χ1v) is 9.75. The van der Waals surface area contributed by atoms with Crippen molar-refractivity contribution in [3.63, 3.8) is 0 Å². The van der Waals surface area contributed by atoms with E-state index in [0.717, 1.165) is 25.1 Å². The monoisotopic (exact) mass is 395 g/mol. The smallest absolute Gasteiger partial charge is 0.267 e. The molecule has 4 rings (SSSR count). The predicted molar refractivity (Wildman–Crippen MR) is 113 cm³/mol. The van der Waals surface area contributed by atoms with E-state index in [9.17, 15) is 4.79 Å². The van der Waals surface area contributed by atoms with Gasteiger partial charge in [0.1, 0.15) is 5.75 Å². The van der Waals surface area contributed by atoms with E-state index in [1.165, 1.54) is 11.3 Å². The Morgan fingerprint density at radius 2 is 1.93 bits per heavy atom. The van der Waals surface area contributed by atoms with Crippen LogP contribution in [0.2, 0.25) is 5.02 Å². The zero-order valence-electron chi connectivity index (χ0n) is 15.9. The van der Waals surface area contributed by atoms with Gasteiger partial charge in [0.15, 0.2) is 0 Å². The maximum Gasteiger partial charge on any atom is 0.267 e. The lowest BCUT2D eigenvalue weighted by Gasteiger charge is -2.42. The molecule has 1 aromatic heterocycles. The maximum atomic E-state index is 12.4. The Kier molecular flexibility index (Phi) is 5.09.